The number of thiazole rings is 1. The Kier molecular flexibility index (Phi) is 3.67. The number of amides is 2. The Morgan fingerprint density at radius 1 is 1.39 bits per heavy atom. The molecule has 5 nitrogen and oxygen atoms in total. The van der Waals surface area contributed by atoms with Crippen LogP contribution in [0.15, 0.2) is 5.51 Å². The number of hydrogen-bond acceptors (Lipinski definition) is 4. The monoisotopic (exact) mass is 333 g/mol. The van der Waals surface area contributed by atoms with Crippen LogP contribution in [0.3, 0.4) is 0 Å². The first-order valence-electron chi connectivity index (χ1n) is 8.58. The van der Waals surface area contributed by atoms with Crippen LogP contribution in [-0.2, 0) is 4.79 Å². The molecule has 4 rings (SSSR count). The van der Waals surface area contributed by atoms with Crippen LogP contribution < -0.4 is 0 Å². The lowest BCUT2D eigenvalue weighted by Crippen LogP contribution is -2.50. The summed E-state index contributed by atoms with van der Waals surface area (Å²) >= 11 is 1.40. The Balaban J connectivity index is 1.48. The first-order chi connectivity index (χ1) is 11.1. The molecule has 2 amide bonds. The van der Waals surface area contributed by atoms with Gasteiger partial charge in [-0.2, -0.15) is 0 Å². The lowest BCUT2D eigenvalue weighted by Gasteiger charge is -2.39. The number of rotatable bonds is 3. The molecule has 3 heterocycles. The zero-order valence-electron chi connectivity index (χ0n) is 13.6. The molecule has 1 saturated carbocycles. The molecule has 2 aliphatic heterocycles. The molecular formula is C17H23N3O2S. The molecule has 0 N–H and O–H groups in total. The van der Waals surface area contributed by atoms with Crippen LogP contribution in [-0.4, -0.2) is 52.8 Å². The molecule has 0 unspecified atom stereocenters. The smallest absolute Gasteiger partial charge is 0.265 e. The molecule has 1 aromatic rings. The van der Waals surface area contributed by atoms with Gasteiger partial charge in [0.05, 0.1) is 16.6 Å². The molecule has 3 fully saturated rings. The summed E-state index contributed by atoms with van der Waals surface area (Å²) in [5.41, 5.74) is 2.20. The van der Waals surface area contributed by atoms with Crippen LogP contribution in [0.2, 0.25) is 0 Å². The predicted octanol–water partition coefficient (Wildman–Crippen LogP) is 2.32. The Hall–Kier alpha value is -1.43. The van der Waals surface area contributed by atoms with E-state index in [9.17, 15) is 9.59 Å². The summed E-state index contributed by atoms with van der Waals surface area (Å²) < 4.78 is 0. The average molecular weight is 333 g/mol. The van der Waals surface area contributed by atoms with Crippen molar-refractivity contribution in [2.75, 3.05) is 26.2 Å². The first-order valence-corrected chi connectivity index (χ1v) is 9.46. The summed E-state index contributed by atoms with van der Waals surface area (Å²) in [5, 5.41) is 0. The van der Waals surface area contributed by atoms with Gasteiger partial charge in [0.2, 0.25) is 5.91 Å². The van der Waals surface area contributed by atoms with Crippen molar-refractivity contribution in [2.45, 2.75) is 39.0 Å². The fourth-order valence-electron chi connectivity index (χ4n) is 4.01. The van der Waals surface area contributed by atoms with Crippen LogP contribution in [0.1, 0.15) is 47.5 Å². The number of likely N-dealkylation sites (tertiary alicyclic amines) is 2. The molecular weight excluding hydrogens is 310 g/mol. The first kappa shape index (κ1) is 15.1. The van der Waals surface area contributed by atoms with E-state index < -0.39 is 0 Å². The SMILES string of the molecule is Cc1ncsc1C(=O)N1CC[C@@]2(CCCN(CC3CC3)C2=O)C1. The Labute approximate surface area is 140 Å². The van der Waals surface area contributed by atoms with Crippen LogP contribution in [0.25, 0.3) is 0 Å². The fourth-order valence-corrected chi connectivity index (χ4v) is 4.78. The minimum absolute atomic E-state index is 0.0500. The second kappa shape index (κ2) is 5.58. The summed E-state index contributed by atoms with van der Waals surface area (Å²) in [7, 11) is 0. The van der Waals surface area contributed by atoms with Crippen molar-refractivity contribution in [3.63, 3.8) is 0 Å². The summed E-state index contributed by atoms with van der Waals surface area (Å²) in [6, 6.07) is 0. The second-order valence-electron chi connectivity index (χ2n) is 7.32. The normalized spacial score (nSPS) is 28.0. The summed E-state index contributed by atoms with van der Waals surface area (Å²) in [6.07, 6.45) is 5.35. The predicted molar refractivity (Wildman–Crippen MR) is 88.3 cm³/mol. The number of nitrogens with zero attached hydrogens (tertiary/aromatic N) is 3. The van der Waals surface area contributed by atoms with E-state index in [0.29, 0.717) is 19.0 Å². The maximum Gasteiger partial charge on any atom is 0.265 e. The molecule has 1 atom stereocenters. The Morgan fingerprint density at radius 2 is 2.22 bits per heavy atom. The quantitative estimate of drug-likeness (QED) is 0.853. The lowest BCUT2D eigenvalue weighted by atomic mass is 9.78. The largest absolute Gasteiger partial charge is 0.342 e. The van der Waals surface area contributed by atoms with Gasteiger partial charge in [-0.25, -0.2) is 4.98 Å². The van der Waals surface area contributed by atoms with Gasteiger partial charge in [0.15, 0.2) is 0 Å². The third kappa shape index (κ3) is 2.67. The van der Waals surface area contributed by atoms with Gasteiger partial charge in [-0.15, -0.1) is 11.3 Å². The van der Waals surface area contributed by atoms with Gasteiger partial charge >= 0.3 is 0 Å². The lowest BCUT2D eigenvalue weighted by molar-refractivity contribution is -0.145. The second-order valence-corrected chi connectivity index (χ2v) is 8.18. The van der Waals surface area contributed by atoms with Gasteiger partial charge in [-0.3, -0.25) is 9.59 Å². The number of aryl methyl sites for hydroxylation is 1. The Bertz CT molecular complexity index is 640. The highest BCUT2D eigenvalue weighted by molar-refractivity contribution is 7.11. The zero-order chi connectivity index (χ0) is 16.0. The third-order valence-electron chi connectivity index (χ3n) is 5.58. The van der Waals surface area contributed by atoms with E-state index in [1.54, 1.807) is 5.51 Å². The van der Waals surface area contributed by atoms with Crippen LogP contribution in [0, 0.1) is 18.3 Å². The third-order valence-corrected chi connectivity index (χ3v) is 6.50. The minimum Gasteiger partial charge on any atom is -0.342 e. The summed E-state index contributed by atoms with van der Waals surface area (Å²) in [5.74, 6) is 1.08. The number of carbonyl (C=O) groups is 2. The number of aromatic nitrogens is 1. The van der Waals surface area contributed by atoms with Crippen LogP contribution in [0.4, 0.5) is 0 Å². The van der Waals surface area contributed by atoms with E-state index in [1.807, 2.05) is 11.8 Å². The van der Waals surface area contributed by atoms with Crippen LogP contribution >= 0.6 is 11.3 Å². The van der Waals surface area contributed by atoms with E-state index in [0.717, 1.165) is 48.8 Å². The van der Waals surface area contributed by atoms with Crippen molar-refractivity contribution in [1.82, 2.24) is 14.8 Å². The number of carbonyl (C=O) groups excluding carboxylic acids is 2. The van der Waals surface area contributed by atoms with Gasteiger partial charge in [0.25, 0.3) is 5.91 Å². The molecule has 0 aromatic carbocycles. The molecule has 3 aliphatic rings. The average Bonchev–Trinajstić information content (AvgIpc) is 3.08. The summed E-state index contributed by atoms with van der Waals surface area (Å²) in [4.78, 5) is 34.6. The van der Waals surface area contributed by atoms with Gasteiger partial charge in [0, 0.05) is 26.2 Å². The maximum absolute atomic E-state index is 13.0. The molecule has 23 heavy (non-hydrogen) atoms. The number of hydrogen-bond donors (Lipinski definition) is 0. The van der Waals surface area contributed by atoms with Gasteiger partial charge in [-0.05, 0) is 44.9 Å². The fraction of sp³-hybridized carbons (Fsp3) is 0.706. The van der Waals surface area contributed by atoms with Gasteiger partial charge in [0.1, 0.15) is 4.88 Å². The van der Waals surface area contributed by atoms with Gasteiger partial charge in [-0.1, -0.05) is 0 Å². The van der Waals surface area contributed by atoms with E-state index >= 15 is 0 Å². The van der Waals surface area contributed by atoms with E-state index in [2.05, 4.69) is 9.88 Å². The van der Waals surface area contributed by atoms with E-state index in [1.165, 1.54) is 24.2 Å². The molecule has 2 saturated heterocycles. The summed E-state index contributed by atoms with van der Waals surface area (Å²) in [6.45, 7) is 4.99. The molecule has 0 radical (unpaired) electrons. The van der Waals surface area contributed by atoms with Crippen molar-refractivity contribution < 1.29 is 9.59 Å². The van der Waals surface area contributed by atoms with Crippen molar-refractivity contribution in [2.24, 2.45) is 11.3 Å². The topological polar surface area (TPSA) is 53.5 Å². The van der Waals surface area contributed by atoms with Crippen molar-refractivity contribution >= 4 is 23.2 Å². The molecule has 1 aromatic heterocycles. The van der Waals surface area contributed by atoms with E-state index in [4.69, 9.17) is 0 Å². The molecule has 1 aliphatic carbocycles. The van der Waals surface area contributed by atoms with E-state index in [-0.39, 0.29) is 11.3 Å². The highest BCUT2D eigenvalue weighted by Gasteiger charge is 2.50. The zero-order valence-corrected chi connectivity index (χ0v) is 14.4. The van der Waals surface area contributed by atoms with Crippen molar-refractivity contribution in [3.05, 3.63) is 16.1 Å². The molecule has 6 heteroatoms. The number of piperidine rings is 1. The highest BCUT2D eigenvalue weighted by atomic mass is 32.1. The highest BCUT2D eigenvalue weighted by Crippen LogP contribution is 2.42. The maximum atomic E-state index is 13.0. The van der Waals surface area contributed by atoms with Crippen molar-refractivity contribution in [1.29, 1.82) is 0 Å². The molecule has 0 bridgehead atoms. The molecule has 124 valence electrons. The standard InChI is InChI=1S/C17H23N3O2S/c1-12-14(23-11-18-12)15(21)20-8-6-17(10-20)5-2-7-19(16(17)22)9-13-3-4-13/h11,13H,2-10H2,1H3/t17-/m0/s1. The molecule has 1 spiro atoms. The van der Waals surface area contributed by atoms with Crippen LogP contribution in [0.5, 0.6) is 0 Å². The van der Waals surface area contributed by atoms with Crippen molar-refractivity contribution in [3.8, 4) is 0 Å². The minimum atomic E-state index is -0.318. The van der Waals surface area contributed by atoms with Gasteiger partial charge < -0.3 is 9.80 Å². The Morgan fingerprint density at radius 3 is 2.91 bits per heavy atom.